The molecule has 6 nitrogen and oxygen atoms in total. The Hall–Kier alpha value is -3.71. The molecule has 36 heavy (non-hydrogen) atoms. The standard InChI is InChI=1S/C29H30N4O2S/c1-21-20-32(29-30-26(31-36-29)19-22-10-9-15-25(18-22)35-2)16-17-33(21)28(34)27(23-11-5-3-6-12-23)24-13-7-4-8-14-24/h3-15,18,21,27H,16-17,19-20H2,1-2H3. The number of carbonyl (C=O) groups excluding carboxylic acids is 1. The van der Waals surface area contributed by atoms with Gasteiger partial charge in [-0.05, 0) is 35.7 Å². The predicted octanol–water partition coefficient (Wildman–Crippen LogP) is 5.01. The summed E-state index contributed by atoms with van der Waals surface area (Å²) >= 11 is 1.43. The van der Waals surface area contributed by atoms with Crippen molar-refractivity contribution in [1.82, 2.24) is 14.3 Å². The molecular formula is C29H30N4O2S. The lowest BCUT2D eigenvalue weighted by Gasteiger charge is -2.41. The van der Waals surface area contributed by atoms with E-state index in [1.165, 1.54) is 11.5 Å². The maximum atomic E-state index is 13.9. The molecule has 1 saturated heterocycles. The van der Waals surface area contributed by atoms with Gasteiger partial charge in [0.1, 0.15) is 11.6 Å². The molecule has 0 radical (unpaired) electrons. The zero-order valence-electron chi connectivity index (χ0n) is 20.6. The van der Waals surface area contributed by atoms with Gasteiger partial charge in [0, 0.05) is 43.6 Å². The Labute approximate surface area is 216 Å². The third-order valence-corrected chi connectivity index (χ3v) is 7.46. The summed E-state index contributed by atoms with van der Waals surface area (Å²) in [7, 11) is 1.67. The predicted molar refractivity (Wildman–Crippen MR) is 144 cm³/mol. The van der Waals surface area contributed by atoms with E-state index >= 15 is 0 Å². The van der Waals surface area contributed by atoms with Gasteiger partial charge < -0.3 is 14.5 Å². The van der Waals surface area contributed by atoms with Crippen molar-refractivity contribution in [3.63, 3.8) is 0 Å². The minimum Gasteiger partial charge on any atom is -0.497 e. The molecule has 0 spiro atoms. The van der Waals surface area contributed by atoms with E-state index in [2.05, 4.69) is 22.3 Å². The maximum Gasteiger partial charge on any atom is 0.234 e. The van der Waals surface area contributed by atoms with E-state index in [0.717, 1.165) is 46.5 Å². The Morgan fingerprint density at radius 2 is 1.69 bits per heavy atom. The van der Waals surface area contributed by atoms with Crippen molar-refractivity contribution in [3.8, 4) is 5.75 Å². The number of hydrogen-bond acceptors (Lipinski definition) is 6. The van der Waals surface area contributed by atoms with E-state index in [4.69, 9.17) is 9.72 Å². The number of aromatic nitrogens is 2. The molecule has 2 heterocycles. The van der Waals surface area contributed by atoms with Crippen LogP contribution >= 0.6 is 11.5 Å². The highest BCUT2D eigenvalue weighted by Gasteiger charge is 2.34. The van der Waals surface area contributed by atoms with Crippen LogP contribution in [0.4, 0.5) is 5.13 Å². The second-order valence-corrected chi connectivity index (χ2v) is 9.83. The topological polar surface area (TPSA) is 58.6 Å². The van der Waals surface area contributed by atoms with Gasteiger partial charge in [-0.3, -0.25) is 4.79 Å². The first-order valence-corrected chi connectivity index (χ1v) is 13.0. The first kappa shape index (κ1) is 24.0. The summed E-state index contributed by atoms with van der Waals surface area (Å²) in [5, 5.41) is 0.912. The molecule has 0 N–H and O–H groups in total. The lowest BCUT2D eigenvalue weighted by Crippen LogP contribution is -2.55. The normalized spacial score (nSPS) is 15.8. The molecule has 1 atom stereocenters. The van der Waals surface area contributed by atoms with E-state index in [9.17, 15) is 4.79 Å². The van der Waals surface area contributed by atoms with E-state index in [1.807, 2.05) is 83.8 Å². The van der Waals surface area contributed by atoms with Crippen molar-refractivity contribution in [2.24, 2.45) is 0 Å². The van der Waals surface area contributed by atoms with Crippen molar-refractivity contribution >= 4 is 22.6 Å². The van der Waals surface area contributed by atoms with E-state index in [0.29, 0.717) is 13.0 Å². The molecule has 184 valence electrons. The minimum atomic E-state index is -0.308. The SMILES string of the molecule is COc1cccc(Cc2nsc(N3CCN(C(=O)C(c4ccccc4)c4ccccc4)C(C)C3)n2)c1. The molecule has 0 saturated carbocycles. The van der Waals surface area contributed by atoms with Crippen LogP contribution in [0.25, 0.3) is 0 Å². The van der Waals surface area contributed by atoms with Gasteiger partial charge in [-0.1, -0.05) is 72.8 Å². The summed E-state index contributed by atoms with van der Waals surface area (Å²) in [5.41, 5.74) is 3.17. The van der Waals surface area contributed by atoms with Crippen molar-refractivity contribution in [3.05, 3.63) is 107 Å². The first-order chi connectivity index (χ1) is 17.6. The van der Waals surface area contributed by atoms with Crippen LogP contribution in [0.1, 0.15) is 35.4 Å². The average molecular weight is 499 g/mol. The number of carbonyl (C=O) groups is 1. The second kappa shape index (κ2) is 10.9. The molecule has 1 fully saturated rings. The van der Waals surface area contributed by atoms with Gasteiger partial charge in [-0.2, -0.15) is 4.37 Å². The van der Waals surface area contributed by atoms with Crippen LogP contribution in [-0.4, -0.2) is 53.0 Å². The van der Waals surface area contributed by atoms with Crippen LogP contribution in [0.15, 0.2) is 84.9 Å². The summed E-state index contributed by atoms with van der Waals surface area (Å²) in [6.07, 6.45) is 0.664. The van der Waals surface area contributed by atoms with Gasteiger partial charge in [0.15, 0.2) is 0 Å². The van der Waals surface area contributed by atoms with Crippen LogP contribution < -0.4 is 9.64 Å². The molecule has 0 aliphatic carbocycles. The Morgan fingerprint density at radius 3 is 2.33 bits per heavy atom. The molecule has 1 amide bonds. The van der Waals surface area contributed by atoms with Crippen LogP contribution in [0, 0.1) is 0 Å². The third-order valence-electron chi connectivity index (χ3n) is 6.65. The number of benzene rings is 3. The van der Waals surface area contributed by atoms with Crippen LogP contribution in [-0.2, 0) is 11.2 Å². The molecule has 1 aliphatic rings. The third kappa shape index (κ3) is 5.26. The first-order valence-electron chi connectivity index (χ1n) is 12.2. The Bertz CT molecular complexity index is 1260. The number of methoxy groups -OCH3 is 1. The van der Waals surface area contributed by atoms with E-state index in [1.54, 1.807) is 7.11 Å². The Balaban J connectivity index is 1.28. The summed E-state index contributed by atoms with van der Waals surface area (Å²) in [6.45, 7) is 4.24. The number of piperazine rings is 1. The molecule has 1 aromatic heterocycles. The lowest BCUT2D eigenvalue weighted by molar-refractivity contribution is -0.134. The monoisotopic (exact) mass is 498 g/mol. The highest BCUT2D eigenvalue weighted by atomic mass is 32.1. The van der Waals surface area contributed by atoms with Gasteiger partial charge in [0.05, 0.1) is 13.0 Å². The number of hydrogen-bond donors (Lipinski definition) is 0. The number of ether oxygens (including phenoxy) is 1. The Morgan fingerprint density at radius 1 is 1.00 bits per heavy atom. The fourth-order valence-electron chi connectivity index (χ4n) is 4.80. The summed E-state index contributed by atoms with van der Waals surface area (Å²) in [6, 6.07) is 28.2. The van der Waals surface area contributed by atoms with Crippen LogP contribution in [0.2, 0.25) is 0 Å². The number of amides is 1. The Kier molecular flexibility index (Phi) is 7.28. The number of nitrogens with zero attached hydrogens (tertiary/aromatic N) is 4. The van der Waals surface area contributed by atoms with Gasteiger partial charge in [0.25, 0.3) is 0 Å². The van der Waals surface area contributed by atoms with E-state index in [-0.39, 0.29) is 17.9 Å². The highest BCUT2D eigenvalue weighted by Crippen LogP contribution is 2.30. The molecule has 0 bridgehead atoms. The molecule has 3 aromatic carbocycles. The summed E-state index contributed by atoms with van der Waals surface area (Å²) < 4.78 is 9.93. The van der Waals surface area contributed by atoms with Crippen molar-refractivity contribution in [2.45, 2.75) is 25.3 Å². The van der Waals surface area contributed by atoms with Crippen molar-refractivity contribution in [2.75, 3.05) is 31.6 Å². The zero-order chi connectivity index (χ0) is 24.9. The van der Waals surface area contributed by atoms with E-state index < -0.39 is 0 Å². The highest BCUT2D eigenvalue weighted by molar-refractivity contribution is 7.09. The molecule has 5 rings (SSSR count). The van der Waals surface area contributed by atoms with Gasteiger partial charge in [0.2, 0.25) is 11.0 Å². The largest absolute Gasteiger partial charge is 0.497 e. The zero-order valence-corrected chi connectivity index (χ0v) is 21.4. The van der Waals surface area contributed by atoms with Gasteiger partial charge >= 0.3 is 0 Å². The number of anilines is 1. The van der Waals surface area contributed by atoms with Gasteiger partial charge in [-0.25, -0.2) is 4.98 Å². The molecule has 7 heteroatoms. The minimum absolute atomic E-state index is 0.0620. The summed E-state index contributed by atoms with van der Waals surface area (Å²) in [5.74, 6) is 1.48. The molecule has 1 aliphatic heterocycles. The number of rotatable bonds is 7. The van der Waals surface area contributed by atoms with Gasteiger partial charge in [-0.15, -0.1) is 0 Å². The fraction of sp³-hybridized carbons (Fsp3) is 0.276. The van der Waals surface area contributed by atoms with Crippen molar-refractivity contribution < 1.29 is 9.53 Å². The van der Waals surface area contributed by atoms with Crippen LogP contribution in [0.5, 0.6) is 5.75 Å². The van der Waals surface area contributed by atoms with Crippen LogP contribution in [0.3, 0.4) is 0 Å². The molecule has 1 unspecified atom stereocenters. The summed E-state index contributed by atoms with van der Waals surface area (Å²) in [4.78, 5) is 23.0. The smallest absolute Gasteiger partial charge is 0.234 e. The maximum absolute atomic E-state index is 13.9. The molecular weight excluding hydrogens is 468 g/mol. The lowest BCUT2D eigenvalue weighted by atomic mass is 9.89. The fourth-order valence-corrected chi connectivity index (χ4v) is 5.52. The second-order valence-electron chi connectivity index (χ2n) is 9.10. The average Bonchev–Trinajstić information content (AvgIpc) is 3.38. The van der Waals surface area contributed by atoms with Crippen molar-refractivity contribution in [1.29, 1.82) is 0 Å². The molecule has 4 aromatic rings. The quantitative estimate of drug-likeness (QED) is 0.359.